The van der Waals surface area contributed by atoms with E-state index in [9.17, 15) is 18.2 Å². The quantitative estimate of drug-likeness (QED) is 0.335. The molecule has 0 aromatic heterocycles. The van der Waals surface area contributed by atoms with E-state index in [1.165, 1.54) is 18.2 Å². The lowest BCUT2D eigenvalue weighted by atomic mass is 9.79. The summed E-state index contributed by atoms with van der Waals surface area (Å²) in [4.78, 5) is 12.3. The van der Waals surface area contributed by atoms with Crippen LogP contribution in [0.2, 0.25) is 0 Å². The van der Waals surface area contributed by atoms with E-state index in [-0.39, 0.29) is 23.0 Å². The van der Waals surface area contributed by atoms with E-state index in [4.69, 9.17) is 10.4 Å². The van der Waals surface area contributed by atoms with Gasteiger partial charge in [0.15, 0.2) is 9.84 Å². The second kappa shape index (κ2) is 8.98. The minimum absolute atomic E-state index is 0.0555. The van der Waals surface area contributed by atoms with Gasteiger partial charge in [0.05, 0.1) is 23.7 Å². The topological polar surface area (TPSA) is 119 Å². The van der Waals surface area contributed by atoms with Crippen molar-refractivity contribution in [3.8, 4) is 0 Å². The summed E-state index contributed by atoms with van der Waals surface area (Å²) < 4.78 is 31.3. The number of amides is 1. The Kier molecular flexibility index (Phi) is 6.61. The number of sulfone groups is 1. The lowest BCUT2D eigenvalue weighted by Gasteiger charge is -2.13. The smallest absolute Gasteiger partial charge is 0.423 e. The van der Waals surface area contributed by atoms with Crippen molar-refractivity contribution in [3.63, 3.8) is 0 Å². The number of carbonyl (C=O) groups is 1. The molecule has 1 aliphatic rings. The summed E-state index contributed by atoms with van der Waals surface area (Å²) in [6, 6.07) is 9.63. The lowest BCUT2D eigenvalue weighted by Crippen LogP contribution is -2.28. The fourth-order valence-corrected chi connectivity index (χ4v) is 4.91. The summed E-state index contributed by atoms with van der Waals surface area (Å²) in [5.41, 5.74) is 8.59. The molecule has 0 aliphatic carbocycles. The molecule has 2 aromatic rings. The van der Waals surface area contributed by atoms with Crippen LogP contribution >= 0.6 is 0 Å². The molecule has 1 amide bonds. The first-order valence-corrected chi connectivity index (χ1v) is 11.2. The van der Waals surface area contributed by atoms with Crippen LogP contribution in [0.5, 0.6) is 0 Å². The fraction of sp³-hybridized carbons (Fsp3) is 0.350. The number of unbranched alkanes of at least 4 members (excludes halogenated alkanes) is 1. The monoisotopic (exact) mass is 416 g/mol. The van der Waals surface area contributed by atoms with Gasteiger partial charge in [0.25, 0.3) is 0 Å². The first-order chi connectivity index (χ1) is 13.8. The van der Waals surface area contributed by atoms with Crippen LogP contribution in [0.4, 0.5) is 5.69 Å². The minimum Gasteiger partial charge on any atom is -0.423 e. The Hall–Kier alpha value is -2.36. The van der Waals surface area contributed by atoms with E-state index in [0.717, 1.165) is 18.4 Å². The van der Waals surface area contributed by atoms with Gasteiger partial charge in [0.1, 0.15) is 0 Å². The van der Waals surface area contributed by atoms with Crippen LogP contribution < -0.4 is 16.5 Å². The molecule has 0 spiro atoms. The summed E-state index contributed by atoms with van der Waals surface area (Å²) in [5, 5.41) is 12.7. The molecule has 0 saturated heterocycles. The van der Waals surface area contributed by atoms with Crippen LogP contribution in [0.25, 0.3) is 0 Å². The van der Waals surface area contributed by atoms with Gasteiger partial charge in [-0.15, -0.1) is 0 Å². The molecule has 2 aromatic carbocycles. The predicted molar refractivity (Wildman–Crippen MR) is 112 cm³/mol. The zero-order valence-electron chi connectivity index (χ0n) is 16.3. The number of nitrogens with one attached hydrogen (secondary N) is 1. The average Bonchev–Trinajstić information content (AvgIpc) is 3.02. The molecular weight excluding hydrogens is 391 g/mol. The molecule has 0 saturated carbocycles. The van der Waals surface area contributed by atoms with Gasteiger partial charge in [0.2, 0.25) is 5.91 Å². The van der Waals surface area contributed by atoms with E-state index in [1.54, 1.807) is 18.2 Å². The number of benzene rings is 2. The number of hydrogen-bond acceptors (Lipinski definition) is 6. The molecule has 1 heterocycles. The Labute approximate surface area is 171 Å². The van der Waals surface area contributed by atoms with Crippen molar-refractivity contribution in [2.24, 2.45) is 0 Å². The van der Waals surface area contributed by atoms with Gasteiger partial charge in [-0.3, -0.25) is 4.79 Å². The number of carbonyl (C=O) groups excluding carboxylic acids is 1. The van der Waals surface area contributed by atoms with Crippen LogP contribution in [0.3, 0.4) is 0 Å². The molecular formula is C20H25BN2O5S. The second-order valence-corrected chi connectivity index (χ2v) is 9.16. The maximum Gasteiger partial charge on any atom is 0.491 e. The first-order valence-electron chi connectivity index (χ1n) is 9.59. The molecule has 0 unspecified atom stereocenters. The number of nitrogen functional groups attached to an aromatic ring is 1. The zero-order valence-corrected chi connectivity index (χ0v) is 17.2. The third-order valence-electron chi connectivity index (χ3n) is 4.85. The Morgan fingerprint density at radius 2 is 2.07 bits per heavy atom. The van der Waals surface area contributed by atoms with Crippen molar-refractivity contribution in [2.45, 2.75) is 43.4 Å². The highest BCUT2D eigenvalue weighted by Gasteiger charge is 2.28. The van der Waals surface area contributed by atoms with Crippen LogP contribution in [-0.2, 0) is 38.1 Å². The van der Waals surface area contributed by atoms with E-state index in [1.807, 2.05) is 6.92 Å². The molecule has 9 heteroatoms. The van der Waals surface area contributed by atoms with Crippen molar-refractivity contribution in [3.05, 3.63) is 53.1 Å². The maximum atomic E-state index is 13.1. The van der Waals surface area contributed by atoms with Crippen LogP contribution in [0.15, 0.2) is 41.3 Å². The molecule has 0 fully saturated rings. The van der Waals surface area contributed by atoms with E-state index in [0.29, 0.717) is 35.4 Å². The molecule has 0 bridgehead atoms. The van der Waals surface area contributed by atoms with Gasteiger partial charge in [-0.25, -0.2) is 8.42 Å². The standard InChI is InChI=1S/C20H25BN2O5S/c1-2-3-8-23-20(24)11-16-10-17(22)6-7-19(16)29(26,27)13-14-4-5-15-12-28-21(25)18(15)9-14/h4-7,9-10,25H,2-3,8,11-13,22H2,1H3,(H,23,24). The highest BCUT2D eigenvalue weighted by atomic mass is 32.2. The number of anilines is 1. The third kappa shape index (κ3) is 5.17. The Bertz CT molecular complexity index is 1010. The molecule has 3 rings (SSSR count). The lowest BCUT2D eigenvalue weighted by molar-refractivity contribution is -0.120. The zero-order chi connectivity index (χ0) is 21.0. The molecule has 7 nitrogen and oxygen atoms in total. The fourth-order valence-electron chi connectivity index (χ4n) is 3.33. The molecule has 29 heavy (non-hydrogen) atoms. The number of rotatable bonds is 8. The van der Waals surface area contributed by atoms with Crippen molar-refractivity contribution in [2.75, 3.05) is 12.3 Å². The maximum absolute atomic E-state index is 13.1. The number of nitrogens with two attached hydrogens (primary N) is 1. The molecule has 0 radical (unpaired) electrons. The van der Waals surface area contributed by atoms with Gasteiger partial charge < -0.3 is 20.7 Å². The van der Waals surface area contributed by atoms with Crippen LogP contribution in [-0.4, -0.2) is 33.0 Å². The van der Waals surface area contributed by atoms with Gasteiger partial charge >= 0.3 is 7.12 Å². The summed E-state index contributed by atoms with van der Waals surface area (Å²) in [7, 11) is -4.76. The SMILES string of the molecule is CCCCNC(=O)Cc1cc(N)ccc1S(=O)(=O)Cc1ccc2c(c1)B(O)OC2. The third-order valence-corrected chi connectivity index (χ3v) is 6.63. The van der Waals surface area contributed by atoms with Crippen molar-refractivity contribution in [1.82, 2.24) is 5.32 Å². The Balaban J connectivity index is 1.83. The van der Waals surface area contributed by atoms with Crippen molar-refractivity contribution < 1.29 is 22.9 Å². The number of hydrogen-bond donors (Lipinski definition) is 3. The van der Waals surface area contributed by atoms with Crippen LogP contribution in [0.1, 0.15) is 36.5 Å². The number of fused-ring (bicyclic) bond motifs is 1. The largest absolute Gasteiger partial charge is 0.491 e. The van der Waals surface area contributed by atoms with E-state index in [2.05, 4.69) is 5.32 Å². The summed E-state index contributed by atoms with van der Waals surface area (Å²) in [5.74, 6) is -0.486. The first kappa shape index (κ1) is 21.4. The Morgan fingerprint density at radius 3 is 2.83 bits per heavy atom. The molecule has 4 N–H and O–H groups in total. The van der Waals surface area contributed by atoms with Crippen LogP contribution in [0, 0.1) is 0 Å². The highest BCUT2D eigenvalue weighted by molar-refractivity contribution is 7.90. The van der Waals surface area contributed by atoms with Gasteiger partial charge in [-0.05, 0) is 46.8 Å². The van der Waals surface area contributed by atoms with E-state index >= 15 is 0 Å². The van der Waals surface area contributed by atoms with Crippen molar-refractivity contribution in [1.29, 1.82) is 0 Å². The molecule has 1 aliphatic heterocycles. The Morgan fingerprint density at radius 1 is 1.28 bits per heavy atom. The normalized spacial score (nSPS) is 13.4. The van der Waals surface area contributed by atoms with Crippen molar-refractivity contribution >= 4 is 34.0 Å². The molecule has 0 atom stereocenters. The molecule has 154 valence electrons. The summed E-state index contributed by atoms with van der Waals surface area (Å²) in [6.07, 6.45) is 1.76. The predicted octanol–water partition coefficient (Wildman–Crippen LogP) is 0.919. The average molecular weight is 416 g/mol. The highest BCUT2D eigenvalue weighted by Crippen LogP contribution is 2.24. The summed E-state index contributed by atoms with van der Waals surface area (Å²) >= 11 is 0. The second-order valence-electron chi connectivity index (χ2n) is 7.20. The minimum atomic E-state index is -3.72. The van der Waals surface area contributed by atoms with Gasteiger partial charge in [-0.2, -0.15) is 0 Å². The van der Waals surface area contributed by atoms with E-state index < -0.39 is 17.0 Å². The van der Waals surface area contributed by atoms with Gasteiger partial charge in [0, 0.05) is 12.2 Å². The summed E-state index contributed by atoms with van der Waals surface area (Å²) in [6.45, 7) is 2.89. The van der Waals surface area contributed by atoms with Gasteiger partial charge in [-0.1, -0.05) is 31.5 Å².